The molecule has 20 heavy (non-hydrogen) atoms. The van der Waals surface area contributed by atoms with Gasteiger partial charge in [0.1, 0.15) is 0 Å². The van der Waals surface area contributed by atoms with Gasteiger partial charge >= 0.3 is 0 Å². The molecule has 1 saturated heterocycles. The molecule has 2 rings (SSSR count). The molecule has 1 unspecified atom stereocenters. The smallest absolute Gasteiger partial charge is 0.0562 e. The molecule has 1 aromatic rings. The number of likely N-dealkylation sites (tertiary alicyclic amines) is 1. The molecule has 1 aliphatic heterocycles. The number of anilines is 1. The summed E-state index contributed by atoms with van der Waals surface area (Å²) in [5.74, 6) is 0. The third-order valence-electron chi connectivity index (χ3n) is 4.09. The molecule has 0 amide bonds. The summed E-state index contributed by atoms with van der Waals surface area (Å²) < 4.78 is 0. The van der Waals surface area contributed by atoms with E-state index in [-0.39, 0.29) is 0 Å². The number of nitrogens with zero attached hydrogens (tertiary/aromatic N) is 3. The minimum atomic E-state index is 0.618. The van der Waals surface area contributed by atoms with Crippen LogP contribution in [0.3, 0.4) is 0 Å². The number of aromatic nitrogens is 1. The van der Waals surface area contributed by atoms with Crippen LogP contribution < -0.4 is 10.2 Å². The highest BCUT2D eigenvalue weighted by molar-refractivity contribution is 5.47. The van der Waals surface area contributed by atoms with Gasteiger partial charge in [0.05, 0.1) is 5.69 Å². The normalized spacial score (nSPS) is 20.1. The molecule has 0 aromatic carbocycles. The van der Waals surface area contributed by atoms with Crippen molar-refractivity contribution in [1.82, 2.24) is 15.2 Å². The Kier molecular flexibility index (Phi) is 5.80. The third kappa shape index (κ3) is 4.18. The molecule has 0 radical (unpaired) electrons. The summed E-state index contributed by atoms with van der Waals surface area (Å²) in [4.78, 5) is 9.30. The fourth-order valence-corrected chi connectivity index (χ4v) is 2.84. The maximum atomic E-state index is 4.45. The second-order valence-electron chi connectivity index (χ2n) is 5.85. The third-order valence-corrected chi connectivity index (χ3v) is 4.09. The van der Waals surface area contributed by atoms with Crippen LogP contribution in [-0.2, 0) is 6.54 Å². The number of likely N-dealkylation sites (N-methyl/N-ethyl adjacent to an activating group) is 2. The monoisotopic (exact) mass is 276 g/mol. The first kappa shape index (κ1) is 15.3. The Morgan fingerprint density at radius 1 is 1.50 bits per heavy atom. The highest BCUT2D eigenvalue weighted by Gasteiger charge is 2.21. The number of hydrogen-bond donors (Lipinski definition) is 1. The van der Waals surface area contributed by atoms with Crippen LogP contribution in [0.15, 0.2) is 18.3 Å². The van der Waals surface area contributed by atoms with E-state index in [2.05, 4.69) is 53.3 Å². The van der Waals surface area contributed by atoms with Gasteiger partial charge in [0, 0.05) is 38.1 Å². The Morgan fingerprint density at radius 2 is 2.35 bits per heavy atom. The van der Waals surface area contributed by atoms with E-state index in [0.29, 0.717) is 6.04 Å². The van der Waals surface area contributed by atoms with Gasteiger partial charge in [0.15, 0.2) is 0 Å². The van der Waals surface area contributed by atoms with Crippen LogP contribution >= 0.6 is 0 Å². The summed E-state index contributed by atoms with van der Waals surface area (Å²) in [5.41, 5.74) is 2.42. The van der Waals surface area contributed by atoms with Crippen LogP contribution in [0.4, 0.5) is 5.69 Å². The van der Waals surface area contributed by atoms with E-state index in [0.717, 1.165) is 31.7 Å². The predicted octanol–water partition coefficient (Wildman–Crippen LogP) is 2.11. The van der Waals surface area contributed by atoms with Crippen LogP contribution in [0.2, 0.25) is 0 Å². The van der Waals surface area contributed by atoms with Crippen molar-refractivity contribution in [1.29, 1.82) is 0 Å². The van der Waals surface area contributed by atoms with Gasteiger partial charge in [-0.1, -0.05) is 6.92 Å². The summed E-state index contributed by atoms with van der Waals surface area (Å²) in [6.07, 6.45) is 5.67. The lowest BCUT2D eigenvalue weighted by Gasteiger charge is -2.37. The molecule has 0 aliphatic carbocycles. The van der Waals surface area contributed by atoms with Gasteiger partial charge in [-0.15, -0.1) is 0 Å². The Bertz CT molecular complexity index is 407. The lowest BCUT2D eigenvalue weighted by molar-refractivity contribution is 0.248. The molecule has 1 aromatic heterocycles. The Balaban J connectivity index is 1.98. The molecule has 1 aliphatic rings. The minimum absolute atomic E-state index is 0.618. The van der Waals surface area contributed by atoms with Gasteiger partial charge in [0.2, 0.25) is 0 Å². The second-order valence-corrected chi connectivity index (χ2v) is 5.85. The van der Waals surface area contributed by atoms with Crippen LogP contribution in [0.5, 0.6) is 0 Å². The first-order valence-corrected chi connectivity index (χ1v) is 7.77. The lowest BCUT2D eigenvalue weighted by Crippen LogP contribution is -2.45. The molecule has 4 heteroatoms. The van der Waals surface area contributed by atoms with Crippen molar-refractivity contribution in [3.63, 3.8) is 0 Å². The van der Waals surface area contributed by atoms with Crippen LogP contribution in [0.25, 0.3) is 0 Å². The van der Waals surface area contributed by atoms with Crippen molar-refractivity contribution in [2.75, 3.05) is 38.6 Å². The number of nitrogens with one attached hydrogen (secondary N) is 1. The molecule has 2 heterocycles. The van der Waals surface area contributed by atoms with E-state index in [4.69, 9.17) is 0 Å². The van der Waals surface area contributed by atoms with E-state index in [9.17, 15) is 0 Å². The average molecular weight is 276 g/mol. The fraction of sp³-hybridized carbons (Fsp3) is 0.688. The van der Waals surface area contributed by atoms with Gasteiger partial charge in [-0.3, -0.25) is 4.98 Å². The lowest BCUT2D eigenvalue weighted by atomic mass is 10.0. The molecule has 1 N–H and O–H groups in total. The molecular weight excluding hydrogens is 248 g/mol. The zero-order valence-corrected chi connectivity index (χ0v) is 13.1. The van der Waals surface area contributed by atoms with Crippen molar-refractivity contribution >= 4 is 5.69 Å². The zero-order chi connectivity index (χ0) is 14.4. The Hall–Kier alpha value is -1.13. The average Bonchev–Trinajstić information content (AvgIpc) is 2.47. The fourth-order valence-electron chi connectivity index (χ4n) is 2.84. The van der Waals surface area contributed by atoms with Crippen LogP contribution in [0, 0.1) is 0 Å². The standard InChI is InChI=1S/C16H28N4/c1-4-8-17-12-14-11-15(7-9-18-14)20(3)16-6-5-10-19(2)13-16/h7,9,11,16-17H,4-6,8,10,12-13H2,1-3H3. The number of hydrogen-bond acceptors (Lipinski definition) is 4. The molecule has 1 atom stereocenters. The molecule has 0 saturated carbocycles. The minimum Gasteiger partial charge on any atom is -0.370 e. The van der Waals surface area contributed by atoms with E-state index in [1.807, 2.05) is 6.20 Å². The summed E-state index contributed by atoms with van der Waals surface area (Å²) in [6, 6.07) is 4.96. The van der Waals surface area contributed by atoms with Crippen molar-refractivity contribution < 1.29 is 0 Å². The second kappa shape index (κ2) is 7.60. The van der Waals surface area contributed by atoms with Gasteiger partial charge in [-0.2, -0.15) is 0 Å². The first-order valence-electron chi connectivity index (χ1n) is 7.77. The maximum Gasteiger partial charge on any atom is 0.0562 e. The van der Waals surface area contributed by atoms with Crippen molar-refractivity contribution in [3.8, 4) is 0 Å². The van der Waals surface area contributed by atoms with E-state index < -0.39 is 0 Å². The molecule has 4 nitrogen and oxygen atoms in total. The summed E-state index contributed by atoms with van der Waals surface area (Å²) in [5, 5.41) is 3.41. The topological polar surface area (TPSA) is 31.4 Å². The van der Waals surface area contributed by atoms with E-state index in [1.54, 1.807) is 0 Å². The molecule has 0 spiro atoms. The number of pyridine rings is 1. The van der Waals surface area contributed by atoms with Gasteiger partial charge in [-0.25, -0.2) is 0 Å². The van der Waals surface area contributed by atoms with Gasteiger partial charge < -0.3 is 15.1 Å². The van der Waals surface area contributed by atoms with Crippen LogP contribution in [0.1, 0.15) is 31.9 Å². The quantitative estimate of drug-likeness (QED) is 0.806. The largest absolute Gasteiger partial charge is 0.370 e. The van der Waals surface area contributed by atoms with Crippen molar-refractivity contribution in [2.24, 2.45) is 0 Å². The predicted molar refractivity (Wildman–Crippen MR) is 85.2 cm³/mol. The van der Waals surface area contributed by atoms with E-state index >= 15 is 0 Å². The summed E-state index contributed by atoms with van der Waals surface area (Å²) in [6.45, 7) is 6.48. The summed E-state index contributed by atoms with van der Waals surface area (Å²) in [7, 11) is 4.43. The van der Waals surface area contributed by atoms with Gasteiger partial charge in [0.25, 0.3) is 0 Å². The van der Waals surface area contributed by atoms with Crippen molar-refractivity contribution in [2.45, 2.75) is 38.8 Å². The molecule has 112 valence electrons. The number of rotatable bonds is 6. The van der Waals surface area contributed by atoms with Crippen molar-refractivity contribution in [3.05, 3.63) is 24.0 Å². The van der Waals surface area contributed by atoms with Gasteiger partial charge in [-0.05, 0) is 51.5 Å². The molecular formula is C16H28N4. The number of piperidine rings is 1. The Morgan fingerprint density at radius 3 is 3.10 bits per heavy atom. The maximum absolute atomic E-state index is 4.45. The summed E-state index contributed by atoms with van der Waals surface area (Å²) >= 11 is 0. The molecule has 1 fully saturated rings. The molecule has 0 bridgehead atoms. The highest BCUT2D eigenvalue weighted by Crippen LogP contribution is 2.21. The zero-order valence-electron chi connectivity index (χ0n) is 13.1. The van der Waals surface area contributed by atoms with E-state index in [1.165, 1.54) is 25.1 Å². The highest BCUT2D eigenvalue weighted by atomic mass is 15.2. The van der Waals surface area contributed by atoms with Crippen LogP contribution in [-0.4, -0.2) is 49.7 Å². The SMILES string of the molecule is CCCNCc1cc(N(C)C2CCCN(C)C2)ccn1. The first-order chi connectivity index (χ1) is 9.70. The Labute approximate surface area is 123 Å².